The van der Waals surface area contributed by atoms with Gasteiger partial charge in [-0.1, -0.05) is 0 Å². The zero-order chi connectivity index (χ0) is 13.7. The number of primary amides is 1. The van der Waals surface area contributed by atoms with E-state index < -0.39 is 11.0 Å². The van der Waals surface area contributed by atoms with Crippen LogP contribution in [-0.4, -0.2) is 33.8 Å². The van der Waals surface area contributed by atoms with E-state index in [1.165, 1.54) is 4.68 Å². The van der Waals surface area contributed by atoms with Crippen LogP contribution in [0.5, 0.6) is 0 Å². The number of amides is 2. The molecule has 0 aliphatic carbocycles. The van der Waals surface area contributed by atoms with Crippen LogP contribution in [0.3, 0.4) is 0 Å². The minimum absolute atomic E-state index is 0.0454. The van der Waals surface area contributed by atoms with Crippen LogP contribution < -0.4 is 16.4 Å². The van der Waals surface area contributed by atoms with Gasteiger partial charge in [0.2, 0.25) is 5.82 Å². The maximum Gasteiger partial charge on any atom is 0.333 e. The number of carbonyl (C=O) groups is 1. The zero-order valence-electron chi connectivity index (χ0n) is 10.3. The van der Waals surface area contributed by atoms with Crippen LogP contribution in [0.4, 0.5) is 16.3 Å². The monoisotopic (exact) mass is 256 g/mol. The first-order valence-electron chi connectivity index (χ1n) is 5.46. The molecule has 0 fully saturated rings. The van der Waals surface area contributed by atoms with Crippen molar-refractivity contribution >= 4 is 17.5 Å². The summed E-state index contributed by atoms with van der Waals surface area (Å²) in [5, 5.41) is 20.3. The lowest BCUT2D eigenvalue weighted by molar-refractivity contribution is -0.384. The molecule has 18 heavy (non-hydrogen) atoms. The summed E-state index contributed by atoms with van der Waals surface area (Å²) in [6.07, 6.45) is 0. The van der Waals surface area contributed by atoms with Gasteiger partial charge < -0.3 is 16.4 Å². The summed E-state index contributed by atoms with van der Waals surface area (Å²) in [5.74, 6) is 0.339. The Balaban J connectivity index is 2.79. The molecule has 0 radical (unpaired) electrons. The molecule has 1 rings (SSSR count). The van der Waals surface area contributed by atoms with Crippen molar-refractivity contribution in [3.8, 4) is 0 Å². The smallest absolute Gasteiger partial charge is 0.333 e. The second kappa shape index (κ2) is 5.84. The molecule has 0 saturated heterocycles. The molecular weight excluding hydrogens is 240 g/mol. The number of nitrogens with one attached hydrogen (secondary N) is 2. The number of rotatable bonds is 6. The quantitative estimate of drug-likeness (QED) is 0.380. The number of urea groups is 1. The van der Waals surface area contributed by atoms with Gasteiger partial charge in [0.25, 0.3) is 0 Å². The molecule has 0 saturated carbocycles. The average Bonchev–Trinajstić information content (AvgIpc) is 2.60. The molecule has 1 aromatic rings. The van der Waals surface area contributed by atoms with Crippen molar-refractivity contribution in [2.24, 2.45) is 5.73 Å². The van der Waals surface area contributed by atoms with Gasteiger partial charge >= 0.3 is 11.7 Å². The van der Waals surface area contributed by atoms with Gasteiger partial charge in [-0.05, 0) is 13.8 Å². The Hall–Kier alpha value is -2.32. The molecule has 0 unspecified atom stereocenters. The largest absolute Gasteiger partial charge is 0.363 e. The van der Waals surface area contributed by atoms with E-state index in [0.717, 1.165) is 0 Å². The first kappa shape index (κ1) is 13.7. The molecule has 1 aromatic heterocycles. The maximum atomic E-state index is 10.9. The van der Waals surface area contributed by atoms with E-state index >= 15 is 0 Å². The van der Waals surface area contributed by atoms with E-state index in [-0.39, 0.29) is 12.2 Å². The van der Waals surface area contributed by atoms with Crippen molar-refractivity contribution in [2.75, 3.05) is 18.4 Å². The molecule has 0 atom stereocenters. The third-order valence-electron chi connectivity index (χ3n) is 2.29. The molecule has 9 nitrogen and oxygen atoms in total. The van der Waals surface area contributed by atoms with Gasteiger partial charge in [0.05, 0.1) is 4.92 Å². The van der Waals surface area contributed by atoms with Crippen molar-refractivity contribution < 1.29 is 9.72 Å². The summed E-state index contributed by atoms with van der Waals surface area (Å²) in [5.41, 5.74) is 5.22. The predicted octanol–water partition coefficient (Wildman–Crippen LogP) is 0.200. The van der Waals surface area contributed by atoms with Gasteiger partial charge in [0.1, 0.15) is 5.69 Å². The summed E-state index contributed by atoms with van der Waals surface area (Å²) in [4.78, 5) is 20.9. The molecule has 9 heteroatoms. The van der Waals surface area contributed by atoms with Crippen molar-refractivity contribution in [3.63, 3.8) is 0 Å². The van der Waals surface area contributed by atoms with Crippen LogP contribution >= 0.6 is 0 Å². The topological polar surface area (TPSA) is 128 Å². The zero-order valence-corrected chi connectivity index (χ0v) is 10.3. The second-order valence-corrected chi connectivity index (χ2v) is 3.57. The first-order valence-corrected chi connectivity index (χ1v) is 5.46. The minimum atomic E-state index is -0.633. The third kappa shape index (κ3) is 3.09. The number of anilines is 1. The summed E-state index contributed by atoms with van der Waals surface area (Å²) >= 11 is 0. The highest BCUT2D eigenvalue weighted by molar-refractivity contribution is 5.71. The number of hydrogen-bond donors (Lipinski definition) is 3. The molecule has 100 valence electrons. The number of carbonyl (C=O) groups excluding carboxylic acids is 1. The highest BCUT2D eigenvalue weighted by Crippen LogP contribution is 2.27. The summed E-state index contributed by atoms with van der Waals surface area (Å²) in [7, 11) is 0. The normalized spacial score (nSPS) is 10.1. The lowest BCUT2D eigenvalue weighted by Gasteiger charge is -2.07. The van der Waals surface area contributed by atoms with Crippen LogP contribution in [0.2, 0.25) is 0 Å². The number of nitrogens with two attached hydrogens (primary N) is 1. The van der Waals surface area contributed by atoms with Crippen molar-refractivity contribution in [2.45, 2.75) is 20.4 Å². The van der Waals surface area contributed by atoms with Crippen LogP contribution in [0.25, 0.3) is 0 Å². The van der Waals surface area contributed by atoms with E-state index in [1.807, 2.05) is 6.92 Å². The second-order valence-electron chi connectivity index (χ2n) is 3.57. The lowest BCUT2D eigenvalue weighted by Crippen LogP contribution is -2.33. The Morgan fingerprint density at radius 3 is 2.72 bits per heavy atom. The van der Waals surface area contributed by atoms with Gasteiger partial charge in [-0.15, -0.1) is 0 Å². The summed E-state index contributed by atoms with van der Waals surface area (Å²) in [6, 6.07) is -0.633. The molecule has 0 aliphatic rings. The molecule has 0 bridgehead atoms. The fourth-order valence-electron chi connectivity index (χ4n) is 1.56. The van der Waals surface area contributed by atoms with E-state index in [4.69, 9.17) is 5.73 Å². The van der Waals surface area contributed by atoms with Crippen molar-refractivity contribution in [1.29, 1.82) is 0 Å². The van der Waals surface area contributed by atoms with Gasteiger partial charge in [0, 0.05) is 19.6 Å². The number of aromatic nitrogens is 2. The SMILES string of the molecule is CCn1nc(C)c([N+](=O)[O-])c1NCCNC(N)=O. The van der Waals surface area contributed by atoms with E-state index in [2.05, 4.69) is 15.7 Å². The summed E-state index contributed by atoms with van der Waals surface area (Å²) in [6.45, 7) is 4.54. The van der Waals surface area contributed by atoms with Crippen LogP contribution in [0, 0.1) is 17.0 Å². The van der Waals surface area contributed by atoms with Gasteiger partial charge in [-0.2, -0.15) is 5.10 Å². The van der Waals surface area contributed by atoms with Gasteiger partial charge in [-0.25, -0.2) is 9.48 Å². The Morgan fingerprint density at radius 2 is 2.22 bits per heavy atom. The fraction of sp³-hybridized carbons (Fsp3) is 0.556. The average molecular weight is 256 g/mol. The van der Waals surface area contributed by atoms with Gasteiger partial charge in [0.15, 0.2) is 0 Å². The summed E-state index contributed by atoms with van der Waals surface area (Å²) < 4.78 is 1.51. The van der Waals surface area contributed by atoms with Crippen molar-refractivity contribution in [1.82, 2.24) is 15.1 Å². The Kier molecular flexibility index (Phi) is 4.46. The first-order chi connectivity index (χ1) is 8.47. The Bertz CT molecular complexity index is 455. The van der Waals surface area contributed by atoms with Crippen molar-refractivity contribution in [3.05, 3.63) is 15.8 Å². The van der Waals surface area contributed by atoms with Gasteiger partial charge in [-0.3, -0.25) is 10.1 Å². The molecule has 0 spiro atoms. The maximum absolute atomic E-state index is 10.9. The fourth-order valence-corrected chi connectivity index (χ4v) is 1.56. The van der Waals surface area contributed by atoms with Crippen LogP contribution in [0.1, 0.15) is 12.6 Å². The highest BCUT2D eigenvalue weighted by atomic mass is 16.6. The van der Waals surface area contributed by atoms with Crippen LogP contribution in [0.15, 0.2) is 0 Å². The molecule has 2 amide bonds. The number of nitrogens with zero attached hydrogens (tertiary/aromatic N) is 3. The Morgan fingerprint density at radius 1 is 1.56 bits per heavy atom. The molecule has 1 heterocycles. The number of nitro groups is 1. The minimum Gasteiger partial charge on any atom is -0.363 e. The molecule has 0 aliphatic heterocycles. The predicted molar refractivity (Wildman–Crippen MR) is 65.4 cm³/mol. The number of aryl methyl sites for hydroxylation is 2. The van der Waals surface area contributed by atoms with E-state index in [0.29, 0.717) is 24.6 Å². The molecular formula is C9H16N6O3. The highest BCUT2D eigenvalue weighted by Gasteiger charge is 2.24. The molecule has 4 N–H and O–H groups in total. The standard InChI is InChI=1S/C9H16N6O3/c1-3-14-8(11-4-5-12-9(10)16)7(15(17)18)6(2)13-14/h11H,3-5H2,1-2H3,(H3,10,12,16). The lowest BCUT2D eigenvalue weighted by atomic mass is 10.4. The van der Waals surface area contributed by atoms with Crippen LogP contribution in [-0.2, 0) is 6.54 Å². The molecule has 0 aromatic carbocycles. The number of hydrogen-bond acceptors (Lipinski definition) is 5. The van der Waals surface area contributed by atoms with E-state index in [1.54, 1.807) is 6.92 Å². The Labute approximate surface area is 103 Å². The third-order valence-corrected chi connectivity index (χ3v) is 2.29. The van der Waals surface area contributed by atoms with E-state index in [9.17, 15) is 14.9 Å².